The summed E-state index contributed by atoms with van der Waals surface area (Å²) in [6.07, 6.45) is 3.53. The normalized spacial score (nSPS) is 11.6. The van der Waals surface area contributed by atoms with E-state index in [1.807, 2.05) is 13.8 Å². The molecule has 2 heteroatoms. The van der Waals surface area contributed by atoms with E-state index in [1.54, 1.807) is 12.5 Å². The topological polar surface area (TPSA) is 26.3 Å². The van der Waals surface area contributed by atoms with Crippen LogP contribution in [0.2, 0.25) is 0 Å². The molecule has 1 aromatic carbocycles. The molecule has 0 unspecified atom stereocenters. The van der Waals surface area contributed by atoms with Gasteiger partial charge in [0.15, 0.2) is 11.2 Å². The van der Waals surface area contributed by atoms with Gasteiger partial charge in [0.25, 0.3) is 0 Å². The van der Waals surface area contributed by atoms with Crippen LogP contribution in [0.4, 0.5) is 0 Å². The van der Waals surface area contributed by atoms with Crippen molar-refractivity contribution in [2.24, 2.45) is 0 Å². The van der Waals surface area contributed by atoms with Crippen LogP contribution in [-0.4, -0.2) is 0 Å². The summed E-state index contributed by atoms with van der Waals surface area (Å²) in [6.45, 7) is 4.07. The summed E-state index contributed by atoms with van der Waals surface area (Å²) in [6, 6.07) is 4.16. The SMILES string of the molecule is Cc1coc2c1ccc1c(C)coc12. The quantitative estimate of drug-likeness (QED) is 0.533. The Morgan fingerprint density at radius 3 is 1.64 bits per heavy atom. The molecule has 2 nitrogen and oxygen atoms in total. The van der Waals surface area contributed by atoms with Crippen LogP contribution in [0.3, 0.4) is 0 Å². The molecule has 0 spiro atoms. The van der Waals surface area contributed by atoms with Gasteiger partial charge in [-0.1, -0.05) is 0 Å². The van der Waals surface area contributed by atoms with Crippen molar-refractivity contribution in [3.8, 4) is 0 Å². The summed E-state index contributed by atoms with van der Waals surface area (Å²) in [5.74, 6) is 0. The van der Waals surface area contributed by atoms with Gasteiger partial charge in [-0.05, 0) is 37.1 Å². The third kappa shape index (κ3) is 0.803. The molecule has 2 heterocycles. The maximum absolute atomic E-state index is 5.48. The standard InChI is InChI=1S/C12H10O2/c1-7-5-13-11-9(7)3-4-10-8(2)6-14-12(10)11/h3-6H,1-2H3. The Morgan fingerprint density at radius 2 is 1.21 bits per heavy atom. The van der Waals surface area contributed by atoms with Gasteiger partial charge in [-0.15, -0.1) is 0 Å². The van der Waals surface area contributed by atoms with Crippen LogP contribution >= 0.6 is 0 Å². The molecule has 0 aliphatic heterocycles. The molecule has 0 N–H and O–H groups in total. The summed E-state index contributed by atoms with van der Waals surface area (Å²) >= 11 is 0. The molecular weight excluding hydrogens is 176 g/mol. The van der Waals surface area contributed by atoms with E-state index in [0.29, 0.717) is 0 Å². The third-order valence-electron chi connectivity index (χ3n) is 2.67. The first-order valence-electron chi connectivity index (χ1n) is 4.62. The highest BCUT2D eigenvalue weighted by atomic mass is 16.4. The van der Waals surface area contributed by atoms with Gasteiger partial charge in [-0.25, -0.2) is 0 Å². The first-order chi connectivity index (χ1) is 6.77. The van der Waals surface area contributed by atoms with Crippen LogP contribution in [0.5, 0.6) is 0 Å². The first kappa shape index (κ1) is 7.68. The van der Waals surface area contributed by atoms with Gasteiger partial charge in [0.05, 0.1) is 12.5 Å². The highest BCUT2D eigenvalue weighted by molar-refractivity contribution is 6.03. The summed E-state index contributed by atoms with van der Waals surface area (Å²) in [4.78, 5) is 0. The largest absolute Gasteiger partial charge is 0.460 e. The van der Waals surface area contributed by atoms with Crippen LogP contribution in [-0.2, 0) is 0 Å². The zero-order chi connectivity index (χ0) is 9.71. The van der Waals surface area contributed by atoms with Gasteiger partial charge in [0.2, 0.25) is 0 Å². The molecule has 3 aromatic rings. The van der Waals surface area contributed by atoms with E-state index < -0.39 is 0 Å². The van der Waals surface area contributed by atoms with Crippen molar-refractivity contribution in [1.29, 1.82) is 0 Å². The summed E-state index contributed by atoms with van der Waals surface area (Å²) in [5, 5.41) is 2.26. The second kappa shape index (κ2) is 2.41. The van der Waals surface area contributed by atoms with E-state index >= 15 is 0 Å². The number of fused-ring (bicyclic) bond motifs is 3. The Balaban J connectivity index is 2.62. The molecule has 2 aromatic heterocycles. The van der Waals surface area contributed by atoms with Crippen LogP contribution in [0.25, 0.3) is 21.9 Å². The average Bonchev–Trinajstić information content (AvgIpc) is 2.72. The van der Waals surface area contributed by atoms with E-state index in [0.717, 1.165) is 33.1 Å². The van der Waals surface area contributed by atoms with Crippen LogP contribution in [0.1, 0.15) is 11.1 Å². The Hall–Kier alpha value is -1.70. The number of rotatable bonds is 0. The molecular formula is C12H10O2. The number of benzene rings is 1. The van der Waals surface area contributed by atoms with Gasteiger partial charge < -0.3 is 8.83 Å². The maximum atomic E-state index is 5.48. The van der Waals surface area contributed by atoms with Crippen LogP contribution in [0, 0.1) is 13.8 Å². The number of hydrogen-bond donors (Lipinski definition) is 0. The van der Waals surface area contributed by atoms with Crippen molar-refractivity contribution in [2.45, 2.75) is 13.8 Å². The van der Waals surface area contributed by atoms with Gasteiger partial charge in [-0.2, -0.15) is 0 Å². The van der Waals surface area contributed by atoms with E-state index in [2.05, 4.69) is 12.1 Å². The first-order valence-corrected chi connectivity index (χ1v) is 4.62. The molecule has 0 saturated heterocycles. The Morgan fingerprint density at radius 1 is 0.786 bits per heavy atom. The zero-order valence-corrected chi connectivity index (χ0v) is 8.13. The Bertz CT molecular complexity index is 558. The average molecular weight is 186 g/mol. The van der Waals surface area contributed by atoms with Crippen molar-refractivity contribution in [3.63, 3.8) is 0 Å². The molecule has 0 radical (unpaired) electrons. The fraction of sp³-hybridized carbons (Fsp3) is 0.167. The lowest BCUT2D eigenvalue weighted by molar-refractivity contribution is 0.580. The van der Waals surface area contributed by atoms with Crippen molar-refractivity contribution in [1.82, 2.24) is 0 Å². The minimum atomic E-state index is 0.855. The predicted octanol–water partition coefficient (Wildman–Crippen LogP) is 3.80. The van der Waals surface area contributed by atoms with E-state index in [4.69, 9.17) is 8.83 Å². The van der Waals surface area contributed by atoms with Crippen LogP contribution < -0.4 is 0 Å². The third-order valence-corrected chi connectivity index (χ3v) is 2.67. The van der Waals surface area contributed by atoms with Crippen LogP contribution in [0.15, 0.2) is 33.5 Å². The van der Waals surface area contributed by atoms with Crippen molar-refractivity contribution in [2.75, 3.05) is 0 Å². The molecule has 0 amide bonds. The number of furan rings is 2. The summed E-state index contributed by atoms with van der Waals surface area (Å²) in [5.41, 5.74) is 4.01. The predicted molar refractivity (Wildman–Crippen MR) is 55.5 cm³/mol. The molecule has 0 saturated carbocycles. The smallest absolute Gasteiger partial charge is 0.177 e. The lowest BCUT2D eigenvalue weighted by Crippen LogP contribution is -1.70. The fourth-order valence-corrected chi connectivity index (χ4v) is 1.84. The summed E-state index contributed by atoms with van der Waals surface area (Å²) in [7, 11) is 0. The second-order valence-corrected chi connectivity index (χ2v) is 3.66. The highest BCUT2D eigenvalue weighted by Crippen LogP contribution is 2.31. The molecule has 0 aliphatic carbocycles. The lowest BCUT2D eigenvalue weighted by Gasteiger charge is -1.91. The molecule has 3 rings (SSSR count). The molecule has 0 bridgehead atoms. The zero-order valence-electron chi connectivity index (χ0n) is 8.13. The monoisotopic (exact) mass is 186 g/mol. The number of hydrogen-bond acceptors (Lipinski definition) is 2. The lowest BCUT2D eigenvalue weighted by atomic mass is 10.1. The van der Waals surface area contributed by atoms with Crippen molar-refractivity contribution in [3.05, 3.63) is 35.8 Å². The minimum Gasteiger partial charge on any atom is -0.460 e. The molecule has 0 atom stereocenters. The molecule has 14 heavy (non-hydrogen) atoms. The second-order valence-electron chi connectivity index (χ2n) is 3.66. The van der Waals surface area contributed by atoms with E-state index in [9.17, 15) is 0 Å². The van der Waals surface area contributed by atoms with E-state index in [1.165, 1.54) is 0 Å². The molecule has 0 aliphatic rings. The summed E-state index contributed by atoms with van der Waals surface area (Å²) < 4.78 is 11.0. The minimum absolute atomic E-state index is 0.855. The highest BCUT2D eigenvalue weighted by Gasteiger charge is 2.10. The molecule has 70 valence electrons. The molecule has 0 fully saturated rings. The van der Waals surface area contributed by atoms with Gasteiger partial charge >= 0.3 is 0 Å². The Labute approximate surface area is 81.1 Å². The number of aryl methyl sites for hydroxylation is 2. The Kier molecular flexibility index (Phi) is 1.32. The fourth-order valence-electron chi connectivity index (χ4n) is 1.84. The van der Waals surface area contributed by atoms with E-state index in [-0.39, 0.29) is 0 Å². The van der Waals surface area contributed by atoms with Crippen molar-refractivity contribution >= 4 is 21.9 Å². The maximum Gasteiger partial charge on any atom is 0.177 e. The van der Waals surface area contributed by atoms with Crippen molar-refractivity contribution < 1.29 is 8.83 Å². The van der Waals surface area contributed by atoms with Gasteiger partial charge in [0, 0.05) is 10.8 Å². The van der Waals surface area contributed by atoms with Gasteiger partial charge in [0.1, 0.15) is 0 Å². The van der Waals surface area contributed by atoms with Gasteiger partial charge in [-0.3, -0.25) is 0 Å².